The lowest BCUT2D eigenvalue weighted by molar-refractivity contribution is 0.264. The van der Waals surface area contributed by atoms with Crippen molar-refractivity contribution in [2.45, 2.75) is 41.0 Å². The lowest BCUT2D eigenvalue weighted by atomic mass is 9.75. The Morgan fingerprint density at radius 3 is 2.06 bits per heavy atom. The van der Waals surface area contributed by atoms with Crippen LogP contribution in [0.15, 0.2) is 11.3 Å². The summed E-state index contributed by atoms with van der Waals surface area (Å²) in [4.78, 5) is 5.95. The zero-order valence-electron chi connectivity index (χ0n) is 12.8. The van der Waals surface area contributed by atoms with E-state index in [1.807, 2.05) is 0 Å². The van der Waals surface area contributed by atoms with Crippen molar-refractivity contribution in [1.29, 1.82) is 0 Å². The van der Waals surface area contributed by atoms with Crippen LogP contribution in [0.2, 0.25) is 0 Å². The van der Waals surface area contributed by atoms with Gasteiger partial charge in [0.15, 0.2) is 0 Å². The van der Waals surface area contributed by atoms with Gasteiger partial charge in [0.05, 0.1) is 5.70 Å². The molecule has 0 saturated heterocycles. The summed E-state index contributed by atoms with van der Waals surface area (Å²) in [5.41, 5.74) is 3.11. The maximum atomic E-state index is 5.45. The van der Waals surface area contributed by atoms with E-state index in [0.29, 0.717) is 0 Å². The molecule has 0 fully saturated rings. The monoisotopic (exact) mass is 268 g/mol. The molecule has 0 aliphatic heterocycles. The summed E-state index contributed by atoms with van der Waals surface area (Å²) < 4.78 is 0. The highest BCUT2D eigenvalue weighted by Gasteiger charge is 2.33. The van der Waals surface area contributed by atoms with E-state index in [-0.39, 0.29) is 5.41 Å². The standard InChI is InChI=1S/C15H28N2S/c1-7-17(8-2)10-9-16(6)14-12(11-13(14)18)15(3,4)5/h7-11H2,1-6H3. The lowest BCUT2D eigenvalue weighted by Crippen LogP contribution is -2.39. The average Bonchev–Trinajstić information content (AvgIpc) is 2.25. The number of rotatable bonds is 6. The highest BCUT2D eigenvalue weighted by molar-refractivity contribution is 7.81. The van der Waals surface area contributed by atoms with Crippen molar-refractivity contribution in [2.75, 3.05) is 33.2 Å². The van der Waals surface area contributed by atoms with Gasteiger partial charge in [-0.25, -0.2) is 0 Å². The molecule has 104 valence electrons. The molecule has 0 heterocycles. The summed E-state index contributed by atoms with van der Waals surface area (Å²) in [6.07, 6.45) is 1.02. The maximum absolute atomic E-state index is 5.45. The van der Waals surface area contributed by atoms with E-state index in [9.17, 15) is 0 Å². The van der Waals surface area contributed by atoms with Crippen LogP contribution < -0.4 is 0 Å². The summed E-state index contributed by atoms with van der Waals surface area (Å²) >= 11 is 5.45. The van der Waals surface area contributed by atoms with Crippen molar-refractivity contribution in [3.63, 3.8) is 0 Å². The van der Waals surface area contributed by atoms with E-state index in [4.69, 9.17) is 12.2 Å². The predicted molar refractivity (Wildman–Crippen MR) is 84.1 cm³/mol. The summed E-state index contributed by atoms with van der Waals surface area (Å²) in [7, 11) is 2.18. The zero-order chi connectivity index (χ0) is 13.9. The van der Waals surface area contributed by atoms with Crippen molar-refractivity contribution in [2.24, 2.45) is 5.41 Å². The Morgan fingerprint density at radius 1 is 1.11 bits per heavy atom. The number of allylic oxidation sites excluding steroid dienone is 2. The molecule has 0 radical (unpaired) electrons. The second-order valence-corrected chi connectivity index (χ2v) is 6.62. The van der Waals surface area contributed by atoms with Gasteiger partial charge in [0, 0.05) is 31.4 Å². The molecule has 1 aliphatic carbocycles. The van der Waals surface area contributed by atoms with Gasteiger partial charge in [-0.3, -0.25) is 0 Å². The normalized spacial score (nSPS) is 16.3. The van der Waals surface area contributed by atoms with Crippen molar-refractivity contribution >= 4 is 17.1 Å². The molecule has 0 unspecified atom stereocenters. The van der Waals surface area contributed by atoms with Crippen LogP contribution in [0.4, 0.5) is 0 Å². The molecule has 2 nitrogen and oxygen atoms in total. The van der Waals surface area contributed by atoms with Crippen LogP contribution >= 0.6 is 12.2 Å². The number of thiocarbonyl (C=S) groups is 1. The minimum atomic E-state index is 0.251. The fraction of sp³-hybridized carbons (Fsp3) is 0.800. The third-order valence-corrected chi connectivity index (χ3v) is 4.16. The largest absolute Gasteiger partial charge is 0.372 e. The van der Waals surface area contributed by atoms with Crippen LogP contribution in [0.25, 0.3) is 0 Å². The molecule has 0 aromatic heterocycles. The molecule has 3 heteroatoms. The second-order valence-electron chi connectivity index (χ2n) is 6.13. The van der Waals surface area contributed by atoms with Crippen molar-refractivity contribution < 1.29 is 0 Å². The quantitative estimate of drug-likeness (QED) is 0.682. The first-order valence-corrected chi connectivity index (χ1v) is 7.42. The van der Waals surface area contributed by atoms with E-state index in [2.05, 4.69) is 51.5 Å². The molecule has 0 aromatic carbocycles. The third-order valence-electron chi connectivity index (χ3n) is 3.82. The fourth-order valence-electron chi connectivity index (χ4n) is 2.40. The van der Waals surface area contributed by atoms with E-state index < -0.39 is 0 Å². The molecule has 0 amide bonds. The topological polar surface area (TPSA) is 6.48 Å². The van der Waals surface area contributed by atoms with Gasteiger partial charge in [-0.15, -0.1) is 0 Å². The van der Waals surface area contributed by atoms with Crippen LogP contribution in [-0.4, -0.2) is 47.9 Å². The van der Waals surface area contributed by atoms with E-state index in [1.54, 1.807) is 0 Å². The van der Waals surface area contributed by atoms with Gasteiger partial charge in [-0.1, -0.05) is 46.8 Å². The SMILES string of the molecule is CCN(CC)CCN(C)C1=C(C(C)(C)C)CC1=S. The molecule has 0 aromatic rings. The smallest absolute Gasteiger partial charge is 0.0510 e. The van der Waals surface area contributed by atoms with Crippen LogP contribution in [0.1, 0.15) is 41.0 Å². The van der Waals surface area contributed by atoms with Gasteiger partial charge in [0.1, 0.15) is 0 Å². The fourth-order valence-corrected chi connectivity index (χ4v) is 2.82. The first kappa shape index (κ1) is 15.6. The summed E-state index contributed by atoms with van der Waals surface area (Å²) in [5.74, 6) is 0. The lowest BCUT2D eigenvalue weighted by Gasteiger charge is -2.40. The molecule has 18 heavy (non-hydrogen) atoms. The van der Waals surface area contributed by atoms with Crippen molar-refractivity contribution in [3.8, 4) is 0 Å². The highest BCUT2D eigenvalue weighted by atomic mass is 32.1. The van der Waals surface area contributed by atoms with Crippen molar-refractivity contribution in [1.82, 2.24) is 9.80 Å². The van der Waals surface area contributed by atoms with E-state index in [1.165, 1.54) is 11.3 Å². The second kappa shape index (κ2) is 6.16. The van der Waals surface area contributed by atoms with Crippen LogP contribution in [0.3, 0.4) is 0 Å². The van der Waals surface area contributed by atoms with E-state index >= 15 is 0 Å². The zero-order valence-corrected chi connectivity index (χ0v) is 13.7. The molecular weight excluding hydrogens is 240 g/mol. The first-order valence-electron chi connectivity index (χ1n) is 7.01. The summed E-state index contributed by atoms with van der Waals surface area (Å²) in [5, 5.41) is 0. The third kappa shape index (κ3) is 3.55. The van der Waals surface area contributed by atoms with Gasteiger partial charge in [-0.2, -0.15) is 0 Å². The molecule has 1 rings (SSSR count). The van der Waals surface area contributed by atoms with Crippen LogP contribution in [-0.2, 0) is 0 Å². The first-order chi connectivity index (χ1) is 8.31. The Morgan fingerprint density at radius 2 is 1.67 bits per heavy atom. The molecule has 0 bridgehead atoms. The molecule has 0 N–H and O–H groups in total. The number of nitrogens with zero attached hydrogens (tertiary/aromatic N) is 2. The van der Waals surface area contributed by atoms with Crippen LogP contribution in [0, 0.1) is 5.41 Å². The van der Waals surface area contributed by atoms with E-state index in [0.717, 1.165) is 37.5 Å². The van der Waals surface area contributed by atoms with Crippen molar-refractivity contribution in [3.05, 3.63) is 11.3 Å². The molecular formula is C15H28N2S. The van der Waals surface area contributed by atoms with Gasteiger partial charge in [0.25, 0.3) is 0 Å². The Balaban J connectivity index is 2.66. The summed E-state index contributed by atoms with van der Waals surface area (Å²) in [6, 6.07) is 0. The molecule has 0 atom stereocenters. The minimum Gasteiger partial charge on any atom is -0.372 e. The Labute approximate surface area is 118 Å². The molecule has 0 saturated carbocycles. The maximum Gasteiger partial charge on any atom is 0.0510 e. The highest BCUT2D eigenvalue weighted by Crippen LogP contribution is 2.40. The van der Waals surface area contributed by atoms with Crippen LogP contribution in [0.5, 0.6) is 0 Å². The average molecular weight is 268 g/mol. The predicted octanol–water partition coefficient (Wildman–Crippen LogP) is 3.33. The Bertz CT molecular complexity index is 335. The molecule has 0 spiro atoms. The van der Waals surface area contributed by atoms with Gasteiger partial charge in [-0.05, 0) is 24.1 Å². The van der Waals surface area contributed by atoms with Gasteiger partial charge >= 0.3 is 0 Å². The Kier molecular flexibility index (Phi) is 5.35. The number of likely N-dealkylation sites (N-methyl/N-ethyl adjacent to an activating group) is 2. The minimum absolute atomic E-state index is 0.251. The number of hydrogen-bond acceptors (Lipinski definition) is 3. The van der Waals surface area contributed by atoms with Gasteiger partial charge < -0.3 is 9.80 Å². The number of hydrogen-bond donors (Lipinski definition) is 0. The van der Waals surface area contributed by atoms with Gasteiger partial charge in [0.2, 0.25) is 0 Å². The molecule has 1 aliphatic rings. The summed E-state index contributed by atoms with van der Waals surface area (Å²) in [6.45, 7) is 15.7. The Hall–Kier alpha value is -0.410.